The highest BCUT2D eigenvalue weighted by Crippen LogP contribution is 2.12. The van der Waals surface area contributed by atoms with Crippen LogP contribution in [0.5, 0.6) is 0 Å². The summed E-state index contributed by atoms with van der Waals surface area (Å²) in [6.45, 7) is 5.49. The number of carbonyl (C=O) groups excluding carboxylic acids is 3. The number of hydrogen-bond acceptors (Lipinski definition) is 4. The second kappa shape index (κ2) is 5.16. The van der Waals surface area contributed by atoms with Crippen molar-refractivity contribution in [3.8, 4) is 0 Å². The molecule has 0 spiro atoms. The van der Waals surface area contributed by atoms with Crippen molar-refractivity contribution in [1.29, 1.82) is 0 Å². The van der Waals surface area contributed by atoms with Gasteiger partial charge in [0.1, 0.15) is 11.9 Å². The Labute approximate surface area is 100 Å². The van der Waals surface area contributed by atoms with Gasteiger partial charge in [0, 0.05) is 13.0 Å². The normalized spacial score (nSPS) is 24.8. The number of piperidine rings is 1. The largest absolute Gasteiger partial charge is 0.444 e. The van der Waals surface area contributed by atoms with Gasteiger partial charge in [-0.25, -0.2) is 4.79 Å². The van der Waals surface area contributed by atoms with Gasteiger partial charge in [0.25, 0.3) is 0 Å². The Bertz CT molecular complexity index is 322. The van der Waals surface area contributed by atoms with Gasteiger partial charge in [-0.05, 0) is 20.8 Å². The molecule has 1 fully saturated rings. The summed E-state index contributed by atoms with van der Waals surface area (Å²) >= 11 is 0. The van der Waals surface area contributed by atoms with Crippen LogP contribution in [0, 0.1) is 5.92 Å². The van der Waals surface area contributed by atoms with Crippen LogP contribution in [-0.2, 0) is 14.3 Å². The van der Waals surface area contributed by atoms with Crippen molar-refractivity contribution in [2.75, 3.05) is 6.54 Å². The van der Waals surface area contributed by atoms with Crippen molar-refractivity contribution in [3.05, 3.63) is 0 Å². The number of alkyl carbamates (subject to hydrolysis) is 1. The number of aldehydes is 1. The minimum Gasteiger partial charge on any atom is -0.444 e. The lowest BCUT2D eigenvalue weighted by Gasteiger charge is -2.29. The smallest absolute Gasteiger partial charge is 0.407 e. The van der Waals surface area contributed by atoms with Gasteiger partial charge in [-0.3, -0.25) is 4.79 Å². The molecule has 0 unspecified atom stereocenters. The first-order valence-corrected chi connectivity index (χ1v) is 5.53. The zero-order valence-corrected chi connectivity index (χ0v) is 10.3. The van der Waals surface area contributed by atoms with Crippen molar-refractivity contribution in [1.82, 2.24) is 10.6 Å². The molecule has 17 heavy (non-hydrogen) atoms. The molecule has 0 aromatic carbocycles. The average molecular weight is 242 g/mol. The third kappa shape index (κ3) is 4.42. The zero-order valence-electron chi connectivity index (χ0n) is 10.3. The van der Waals surface area contributed by atoms with Gasteiger partial charge in [0.15, 0.2) is 0 Å². The van der Waals surface area contributed by atoms with Gasteiger partial charge in [-0.2, -0.15) is 0 Å². The van der Waals surface area contributed by atoms with Crippen LogP contribution in [0.25, 0.3) is 0 Å². The lowest BCUT2D eigenvalue weighted by atomic mass is 9.94. The molecule has 0 saturated carbocycles. The number of carbonyl (C=O) groups is 3. The van der Waals surface area contributed by atoms with Gasteiger partial charge in [-0.1, -0.05) is 0 Å². The molecular formula is C11H18N2O4. The molecule has 1 aliphatic rings. The second-order valence-corrected chi connectivity index (χ2v) is 5.06. The summed E-state index contributed by atoms with van der Waals surface area (Å²) < 4.78 is 5.07. The summed E-state index contributed by atoms with van der Waals surface area (Å²) in [4.78, 5) is 33.5. The molecule has 1 aliphatic heterocycles. The number of rotatable bonds is 2. The molecule has 6 nitrogen and oxygen atoms in total. The van der Waals surface area contributed by atoms with Crippen LogP contribution < -0.4 is 10.6 Å². The Balaban J connectivity index is 2.55. The third-order valence-corrected chi connectivity index (χ3v) is 2.33. The van der Waals surface area contributed by atoms with E-state index in [4.69, 9.17) is 4.74 Å². The molecule has 6 heteroatoms. The number of hydrogen-bond donors (Lipinski definition) is 2. The number of nitrogens with one attached hydrogen (secondary N) is 2. The van der Waals surface area contributed by atoms with Crippen molar-refractivity contribution in [2.24, 2.45) is 5.92 Å². The van der Waals surface area contributed by atoms with Crippen LogP contribution in [-0.4, -0.2) is 36.5 Å². The highest BCUT2D eigenvalue weighted by Gasteiger charge is 2.31. The van der Waals surface area contributed by atoms with Gasteiger partial charge in [-0.15, -0.1) is 0 Å². The Morgan fingerprint density at radius 3 is 2.71 bits per heavy atom. The minimum atomic E-state index is -0.607. The molecule has 1 heterocycles. The molecule has 2 amide bonds. The van der Waals surface area contributed by atoms with Gasteiger partial charge < -0.3 is 20.2 Å². The minimum absolute atomic E-state index is 0.0999. The summed E-state index contributed by atoms with van der Waals surface area (Å²) in [6, 6.07) is -0.490. The van der Waals surface area contributed by atoms with E-state index in [1.807, 2.05) is 0 Å². The fourth-order valence-corrected chi connectivity index (χ4v) is 1.56. The molecule has 2 N–H and O–H groups in total. The molecule has 1 saturated heterocycles. The number of ether oxygens (including phenoxy) is 1. The highest BCUT2D eigenvalue weighted by molar-refractivity contribution is 5.80. The first kappa shape index (κ1) is 13.5. The standard InChI is InChI=1S/C11H18N2O4/c1-11(2,3)17-10(16)13-8-4-9(15)12-5-7(8)6-14/h6-8H,4-5H2,1-3H3,(H,12,15)(H,13,16)/t7-,8+/m0/s1. The zero-order chi connectivity index (χ0) is 13.1. The van der Waals surface area contributed by atoms with E-state index in [1.165, 1.54) is 0 Å². The fourth-order valence-electron chi connectivity index (χ4n) is 1.56. The summed E-state index contributed by atoms with van der Waals surface area (Å²) in [5.41, 5.74) is -0.600. The molecular weight excluding hydrogens is 224 g/mol. The highest BCUT2D eigenvalue weighted by atomic mass is 16.6. The topological polar surface area (TPSA) is 84.5 Å². The van der Waals surface area contributed by atoms with Crippen molar-refractivity contribution in [2.45, 2.75) is 38.8 Å². The molecule has 0 aromatic heterocycles. The third-order valence-electron chi connectivity index (χ3n) is 2.33. The maximum atomic E-state index is 11.5. The summed E-state index contributed by atoms with van der Waals surface area (Å²) in [7, 11) is 0. The molecule has 0 bridgehead atoms. The Kier molecular flexibility index (Phi) is 4.09. The van der Waals surface area contributed by atoms with Crippen LogP contribution >= 0.6 is 0 Å². The first-order valence-electron chi connectivity index (χ1n) is 5.53. The lowest BCUT2D eigenvalue weighted by Crippen LogP contribution is -2.53. The summed E-state index contributed by atoms with van der Waals surface area (Å²) in [5, 5.41) is 5.13. The van der Waals surface area contributed by atoms with Crippen LogP contribution in [0.4, 0.5) is 4.79 Å². The molecule has 1 rings (SSSR count). The van der Waals surface area contributed by atoms with E-state index >= 15 is 0 Å². The van der Waals surface area contributed by atoms with E-state index in [0.29, 0.717) is 0 Å². The van der Waals surface area contributed by atoms with E-state index in [1.54, 1.807) is 20.8 Å². The van der Waals surface area contributed by atoms with E-state index in [-0.39, 0.29) is 18.9 Å². The van der Waals surface area contributed by atoms with Crippen molar-refractivity contribution in [3.63, 3.8) is 0 Å². The number of amides is 2. The Morgan fingerprint density at radius 1 is 1.53 bits per heavy atom. The van der Waals surface area contributed by atoms with E-state index in [0.717, 1.165) is 6.29 Å². The fraction of sp³-hybridized carbons (Fsp3) is 0.727. The quantitative estimate of drug-likeness (QED) is 0.678. The second-order valence-electron chi connectivity index (χ2n) is 5.06. The Hall–Kier alpha value is -1.59. The lowest BCUT2D eigenvalue weighted by molar-refractivity contribution is -0.125. The van der Waals surface area contributed by atoms with Crippen LogP contribution in [0.15, 0.2) is 0 Å². The molecule has 2 atom stereocenters. The molecule has 0 aromatic rings. The SMILES string of the molecule is CC(C)(C)OC(=O)N[C@@H]1CC(=O)NC[C@H]1C=O. The monoisotopic (exact) mass is 242 g/mol. The average Bonchev–Trinajstić information content (AvgIpc) is 2.14. The Morgan fingerprint density at radius 2 is 2.18 bits per heavy atom. The van der Waals surface area contributed by atoms with E-state index < -0.39 is 23.7 Å². The van der Waals surface area contributed by atoms with E-state index in [9.17, 15) is 14.4 Å². The van der Waals surface area contributed by atoms with Crippen molar-refractivity contribution >= 4 is 18.3 Å². The summed E-state index contributed by atoms with van der Waals surface area (Å²) in [5.74, 6) is -0.579. The van der Waals surface area contributed by atoms with E-state index in [2.05, 4.69) is 10.6 Å². The van der Waals surface area contributed by atoms with Crippen LogP contribution in [0.3, 0.4) is 0 Å². The van der Waals surface area contributed by atoms with Crippen LogP contribution in [0.1, 0.15) is 27.2 Å². The molecule has 0 aliphatic carbocycles. The van der Waals surface area contributed by atoms with Crippen molar-refractivity contribution < 1.29 is 19.1 Å². The summed E-state index contributed by atoms with van der Waals surface area (Å²) in [6.07, 6.45) is 0.230. The van der Waals surface area contributed by atoms with Gasteiger partial charge in [0.05, 0.1) is 12.0 Å². The van der Waals surface area contributed by atoms with Crippen LogP contribution in [0.2, 0.25) is 0 Å². The maximum absolute atomic E-state index is 11.5. The predicted molar refractivity (Wildman–Crippen MR) is 60.3 cm³/mol. The molecule has 96 valence electrons. The molecule has 0 radical (unpaired) electrons. The van der Waals surface area contributed by atoms with Gasteiger partial charge in [0.2, 0.25) is 5.91 Å². The van der Waals surface area contributed by atoms with Gasteiger partial charge >= 0.3 is 6.09 Å². The maximum Gasteiger partial charge on any atom is 0.407 e. The first-order chi connectivity index (χ1) is 7.81. The predicted octanol–water partition coefficient (Wildman–Crippen LogP) is 0.215.